The normalized spacial score (nSPS) is 13.0. The van der Waals surface area contributed by atoms with Crippen LogP contribution in [0.5, 0.6) is 0 Å². The van der Waals surface area contributed by atoms with Gasteiger partial charge in [0.05, 0.1) is 0 Å². The maximum absolute atomic E-state index is 3.55. The fraction of sp³-hybridized carbons (Fsp3) is 0.125. The lowest BCUT2D eigenvalue weighted by molar-refractivity contribution is 0.687. The molecule has 6 rings (SSSR count). The van der Waals surface area contributed by atoms with E-state index in [1.54, 1.807) is 5.56 Å². The Morgan fingerprint density at radius 2 is 1.15 bits per heavy atom. The number of hydrogen-bond donors (Lipinski definition) is 1. The van der Waals surface area contributed by atoms with Gasteiger partial charge < -0.3 is 5.32 Å². The number of nitrogens with one attached hydrogen (secondary N) is 1. The van der Waals surface area contributed by atoms with E-state index in [1.165, 1.54) is 64.3 Å². The molecule has 0 spiro atoms. The molecule has 1 N–H and O–H groups in total. The molecule has 0 bridgehead atoms. The van der Waals surface area contributed by atoms with Crippen molar-refractivity contribution in [3.05, 3.63) is 120 Å². The topological polar surface area (TPSA) is 12.0 Å². The molecule has 0 unspecified atom stereocenters. The first-order chi connectivity index (χ1) is 16.3. The first-order valence-electron chi connectivity index (χ1n) is 11.9. The fourth-order valence-electron chi connectivity index (χ4n) is 5.07. The average Bonchev–Trinajstić information content (AvgIpc) is 2.89. The van der Waals surface area contributed by atoms with Gasteiger partial charge in [0.25, 0.3) is 0 Å². The summed E-state index contributed by atoms with van der Waals surface area (Å²) in [6, 6.07) is 39.5. The highest BCUT2D eigenvalue weighted by Gasteiger charge is 2.13. The van der Waals surface area contributed by atoms with Crippen molar-refractivity contribution in [1.29, 1.82) is 0 Å². The van der Waals surface area contributed by atoms with Crippen molar-refractivity contribution < 1.29 is 0 Å². The molecule has 160 valence electrons. The van der Waals surface area contributed by atoms with Crippen LogP contribution in [0.2, 0.25) is 0 Å². The zero-order valence-corrected chi connectivity index (χ0v) is 18.7. The molecule has 0 aliphatic heterocycles. The Morgan fingerprint density at radius 3 is 1.94 bits per heavy atom. The summed E-state index contributed by atoms with van der Waals surface area (Å²) in [7, 11) is 0. The summed E-state index contributed by atoms with van der Waals surface area (Å²) >= 11 is 0. The van der Waals surface area contributed by atoms with Gasteiger partial charge in [0.15, 0.2) is 0 Å². The first-order valence-corrected chi connectivity index (χ1v) is 11.9. The Labute approximate surface area is 195 Å². The summed E-state index contributed by atoms with van der Waals surface area (Å²) in [4.78, 5) is 0. The lowest BCUT2D eigenvalue weighted by Gasteiger charge is -2.19. The third-order valence-corrected chi connectivity index (χ3v) is 6.85. The van der Waals surface area contributed by atoms with Crippen LogP contribution in [0, 0.1) is 0 Å². The maximum Gasteiger partial charge on any atom is 0.0384 e. The highest BCUT2D eigenvalue weighted by atomic mass is 14.9. The van der Waals surface area contributed by atoms with E-state index < -0.39 is 0 Å². The first kappa shape index (κ1) is 19.8. The smallest absolute Gasteiger partial charge is 0.0384 e. The van der Waals surface area contributed by atoms with E-state index in [0.717, 1.165) is 11.4 Å². The largest absolute Gasteiger partial charge is 0.356 e. The number of rotatable bonds is 4. The molecule has 1 heteroatoms. The quantitative estimate of drug-likeness (QED) is 0.303. The molecular formula is C32H27N. The summed E-state index contributed by atoms with van der Waals surface area (Å²) in [6.45, 7) is 0. The second-order valence-corrected chi connectivity index (χ2v) is 8.99. The van der Waals surface area contributed by atoms with Crippen LogP contribution in [0.1, 0.15) is 24.0 Å². The van der Waals surface area contributed by atoms with Gasteiger partial charge >= 0.3 is 0 Å². The SMILES string of the molecule is c1cc2c(c(-c3ccc(Nc4ccc(-c5ccc6ccccc6c5)cc4)cc3)c1)CCCC2. The Bertz CT molecular complexity index is 1410. The molecule has 5 aromatic rings. The molecule has 0 amide bonds. The third kappa shape index (κ3) is 4.03. The van der Waals surface area contributed by atoms with Crippen molar-refractivity contribution in [2.24, 2.45) is 0 Å². The Balaban J connectivity index is 1.20. The average molecular weight is 426 g/mol. The van der Waals surface area contributed by atoms with Crippen LogP contribution >= 0.6 is 0 Å². The molecule has 1 aliphatic carbocycles. The van der Waals surface area contributed by atoms with Crippen LogP contribution in [0.4, 0.5) is 11.4 Å². The molecular weight excluding hydrogens is 398 g/mol. The lowest BCUT2D eigenvalue weighted by Crippen LogP contribution is -2.04. The van der Waals surface area contributed by atoms with E-state index in [0.29, 0.717) is 0 Å². The zero-order valence-electron chi connectivity index (χ0n) is 18.7. The number of fused-ring (bicyclic) bond motifs is 2. The van der Waals surface area contributed by atoms with Gasteiger partial charge in [-0.1, -0.05) is 78.9 Å². The van der Waals surface area contributed by atoms with Crippen LogP contribution in [0.15, 0.2) is 109 Å². The zero-order chi connectivity index (χ0) is 22.0. The molecule has 0 radical (unpaired) electrons. The lowest BCUT2D eigenvalue weighted by atomic mass is 9.86. The van der Waals surface area contributed by atoms with E-state index in [-0.39, 0.29) is 0 Å². The summed E-state index contributed by atoms with van der Waals surface area (Å²) < 4.78 is 0. The highest BCUT2D eigenvalue weighted by molar-refractivity contribution is 5.87. The third-order valence-electron chi connectivity index (χ3n) is 6.85. The van der Waals surface area contributed by atoms with E-state index >= 15 is 0 Å². The van der Waals surface area contributed by atoms with Gasteiger partial charge in [-0.3, -0.25) is 0 Å². The molecule has 1 nitrogen and oxygen atoms in total. The summed E-state index contributed by atoms with van der Waals surface area (Å²) in [5, 5.41) is 6.11. The van der Waals surface area contributed by atoms with Gasteiger partial charge in [-0.05, 0) is 100 Å². The second-order valence-electron chi connectivity index (χ2n) is 8.99. The van der Waals surface area contributed by atoms with Crippen LogP contribution in [-0.4, -0.2) is 0 Å². The molecule has 0 heterocycles. The molecule has 0 aromatic heterocycles. The van der Waals surface area contributed by atoms with Gasteiger partial charge in [-0.15, -0.1) is 0 Å². The van der Waals surface area contributed by atoms with Crippen LogP contribution in [0.3, 0.4) is 0 Å². The summed E-state index contributed by atoms with van der Waals surface area (Å²) in [6.07, 6.45) is 5.05. The van der Waals surface area contributed by atoms with E-state index in [2.05, 4.69) is 115 Å². The number of hydrogen-bond acceptors (Lipinski definition) is 1. The Morgan fingerprint density at radius 1 is 0.485 bits per heavy atom. The van der Waals surface area contributed by atoms with Crippen LogP contribution < -0.4 is 5.32 Å². The van der Waals surface area contributed by atoms with Crippen LogP contribution in [0.25, 0.3) is 33.0 Å². The van der Waals surface area contributed by atoms with E-state index in [1.807, 2.05) is 0 Å². The predicted octanol–water partition coefficient (Wildman–Crippen LogP) is 8.80. The van der Waals surface area contributed by atoms with Gasteiger partial charge in [0, 0.05) is 11.4 Å². The van der Waals surface area contributed by atoms with Crippen LogP contribution in [-0.2, 0) is 12.8 Å². The van der Waals surface area contributed by atoms with Gasteiger partial charge in [-0.25, -0.2) is 0 Å². The van der Waals surface area contributed by atoms with Crippen molar-refractivity contribution in [1.82, 2.24) is 0 Å². The predicted molar refractivity (Wildman–Crippen MR) is 141 cm³/mol. The van der Waals surface area contributed by atoms with Gasteiger partial charge in [-0.2, -0.15) is 0 Å². The van der Waals surface area contributed by atoms with E-state index in [4.69, 9.17) is 0 Å². The van der Waals surface area contributed by atoms with Crippen molar-refractivity contribution >= 4 is 22.1 Å². The minimum atomic E-state index is 1.10. The summed E-state index contributed by atoms with van der Waals surface area (Å²) in [5.41, 5.74) is 10.5. The standard InChI is InChI=1S/C32H27N/c1-2-8-27-22-28(13-12-23(27)6-1)24-14-18-29(19-15-24)33-30-20-16-26(17-21-30)32-11-5-9-25-7-3-4-10-31(25)32/h1-2,5-6,8-9,11-22,33H,3-4,7,10H2. The molecule has 0 atom stereocenters. The minimum absolute atomic E-state index is 1.10. The number of benzene rings is 5. The number of aryl methyl sites for hydroxylation is 1. The van der Waals surface area contributed by atoms with E-state index in [9.17, 15) is 0 Å². The molecule has 5 aromatic carbocycles. The molecule has 33 heavy (non-hydrogen) atoms. The fourth-order valence-corrected chi connectivity index (χ4v) is 5.07. The Hall–Kier alpha value is -3.84. The molecule has 0 saturated heterocycles. The van der Waals surface area contributed by atoms with Gasteiger partial charge in [0.1, 0.15) is 0 Å². The second kappa shape index (κ2) is 8.60. The van der Waals surface area contributed by atoms with Crippen molar-refractivity contribution in [3.8, 4) is 22.3 Å². The monoisotopic (exact) mass is 425 g/mol. The van der Waals surface area contributed by atoms with Gasteiger partial charge in [0.2, 0.25) is 0 Å². The van der Waals surface area contributed by atoms with Crippen molar-refractivity contribution in [3.63, 3.8) is 0 Å². The molecule has 0 fully saturated rings. The van der Waals surface area contributed by atoms with Crippen molar-refractivity contribution in [2.45, 2.75) is 25.7 Å². The molecule has 1 aliphatic rings. The molecule has 0 saturated carbocycles. The maximum atomic E-state index is 3.55. The number of anilines is 2. The summed E-state index contributed by atoms with van der Waals surface area (Å²) in [5.74, 6) is 0. The highest BCUT2D eigenvalue weighted by Crippen LogP contribution is 2.33. The minimum Gasteiger partial charge on any atom is -0.356 e. The Kier molecular flexibility index (Phi) is 5.16. The van der Waals surface area contributed by atoms with Crippen molar-refractivity contribution in [2.75, 3.05) is 5.32 Å².